The second kappa shape index (κ2) is 9.18. The van der Waals surface area contributed by atoms with Crippen LogP contribution in [-0.4, -0.2) is 30.0 Å². The van der Waals surface area contributed by atoms with Gasteiger partial charge < -0.3 is 10.1 Å². The van der Waals surface area contributed by atoms with Crippen molar-refractivity contribution in [3.63, 3.8) is 0 Å². The van der Waals surface area contributed by atoms with E-state index in [9.17, 15) is 32.9 Å². The topological polar surface area (TPSA) is 98.5 Å². The summed E-state index contributed by atoms with van der Waals surface area (Å²) in [4.78, 5) is 34.4. The number of halogens is 3. The smallest absolute Gasteiger partial charge is 0.416 e. The van der Waals surface area contributed by atoms with Gasteiger partial charge in [-0.2, -0.15) is 13.2 Å². The SMILES string of the molecule is CCOC(=O)c1cc(C(=O)NCCc2ccc(C(F)(F)F)cc2)cc([N+](=O)[O-])c1. The summed E-state index contributed by atoms with van der Waals surface area (Å²) < 4.78 is 42.5. The van der Waals surface area contributed by atoms with Crippen molar-refractivity contribution in [3.05, 3.63) is 74.8 Å². The van der Waals surface area contributed by atoms with Gasteiger partial charge in [-0.15, -0.1) is 0 Å². The standard InChI is InChI=1S/C19H17F3N2O5/c1-2-29-18(26)14-9-13(10-16(11-14)24(27)28)17(25)23-8-7-12-3-5-15(6-4-12)19(20,21)22/h3-6,9-11H,2,7-8H2,1H3,(H,23,25). The Bertz CT molecular complexity index is 911. The number of nitrogens with one attached hydrogen (secondary N) is 1. The minimum atomic E-state index is -4.43. The quantitative estimate of drug-likeness (QED) is 0.426. The number of carbonyl (C=O) groups excluding carboxylic acids is 2. The fourth-order valence-electron chi connectivity index (χ4n) is 2.46. The summed E-state index contributed by atoms with van der Waals surface area (Å²) >= 11 is 0. The Balaban J connectivity index is 2.06. The van der Waals surface area contributed by atoms with E-state index in [0.717, 1.165) is 24.3 Å². The highest BCUT2D eigenvalue weighted by atomic mass is 19.4. The van der Waals surface area contributed by atoms with Crippen LogP contribution in [0.1, 0.15) is 38.8 Å². The zero-order chi connectivity index (χ0) is 21.6. The minimum absolute atomic E-state index is 0.0657. The average Bonchev–Trinajstić information content (AvgIpc) is 2.67. The zero-order valence-corrected chi connectivity index (χ0v) is 15.3. The summed E-state index contributed by atoms with van der Waals surface area (Å²) in [6.07, 6.45) is -4.17. The van der Waals surface area contributed by atoms with Crippen molar-refractivity contribution in [3.8, 4) is 0 Å². The Kier molecular flexibility index (Phi) is 6.92. The summed E-state index contributed by atoms with van der Waals surface area (Å²) in [5.74, 6) is -1.46. The average molecular weight is 410 g/mol. The van der Waals surface area contributed by atoms with Gasteiger partial charge in [0.15, 0.2) is 0 Å². The van der Waals surface area contributed by atoms with E-state index in [4.69, 9.17) is 4.74 Å². The van der Waals surface area contributed by atoms with Crippen LogP contribution in [0.3, 0.4) is 0 Å². The predicted molar refractivity (Wildman–Crippen MR) is 96.5 cm³/mol. The van der Waals surface area contributed by atoms with Crippen molar-refractivity contribution in [2.75, 3.05) is 13.2 Å². The number of nitro groups is 1. The molecular weight excluding hydrogens is 393 g/mol. The number of carbonyl (C=O) groups is 2. The summed E-state index contributed by atoms with van der Waals surface area (Å²) in [5.41, 5.74) is -0.870. The Labute approximate surface area is 163 Å². The molecule has 0 aromatic heterocycles. The van der Waals surface area contributed by atoms with Gasteiger partial charge in [-0.05, 0) is 37.1 Å². The summed E-state index contributed by atoms with van der Waals surface area (Å²) in [5, 5.41) is 13.6. The third-order valence-electron chi connectivity index (χ3n) is 3.88. The fraction of sp³-hybridized carbons (Fsp3) is 0.263. The number of nitrogens with zero attached hydrogens (tertiary/aromatic N) is 1. The summed E-state index contributed by atoms with van der Waals surface area (Å²) in [6.45, 7) is 1.72. The number of nitro benzene ring substituents is 1. The summed E-state index contributed by atoms with van der Waals surface area (Å²) in [6, 6.07) is 7.72. The number of hydrogen-bond donors (Lipinski definition) is 1. The number of benzene rings is 2. The van der Waals surface area contributed by atoms with Crippen LogP contribution in [0.25, 0.3) is 0 Å². The molecule has 0 aliphatic carbocycles. The van der Waals surface area contributed by atoms with Gasteiger partial charge in [0.2, 0.25) is 0 Å². The molecule has 0 fully saturated rings. The Morgan fingerprint density at radius 3 is 2.28 bits per heavy atom. The van der Waals surface area contributed by atoms with E-state index in [1.807, 2.05) is 0 Å². The van der Waals surface area contributed by atoms with E-state index in [1.54, 1.807) is 6.92 Å². The first-order chi connectivity index (χ1) is 13.6. The van der Waals surface area contributed by atoms with E-state index >= 15 is 0 Å². The number of amides is 1. The molecule has 2 aromatic carbocycles. The van der Waals surface area contributed by atoms with Gasteiger partial charge in [0.25, 0.3) is 11.6 Å². The number of rotatable bonds is 7. The molecule has 29 heavy (non-hydrogen) atoms. The lowest BCUT2D eigenvalue weighted by molar-refractivity contribution is -0.384. The van der Waals surface area contributed by atoms with Gasteiger partial charge in [-0.25, -0.2) is 4.79 Å². The number of hydrogen-bond acceptors (Lipinski definition) is 5. The van der Waals surface area contributed by atoms with Gasteiger partial charge in [0.1, 0.15) is 0 Å². The normalized spacial score (nSPS) is 11.0. The highest BCUT2D eigenvalue weighted by molar-refractivity contribution is 5.99. The van der Waals surface area contributed by atoms with Crippen LogP contribution >= 0.6 is 0 Å². The molecule has 7 nitrogen and oxygen atoms in total. The molecule has 0 saturated heterocycles. The monoisotopic (exact) mass is 410 g/mol. The maximum Gasteiger partial charge on any atom is 0.416 e. The van der Waals surface area contributed by atoms with Crippen LogP contribution in [0, 0.1) is 10.1 Å². The van der Waals surface area contributed by atoms with Crippen molar-refractivity contribution in [2.45, 2.75) is 19.5 Å². The molecule has 0 aliphatic rings. The van der Waals surface area contributed by atoms with Crippen molar-refractivity contribution in [2.24, 2.45) is 0 Å². The van der Waals surface area contributed by atoms with Crippen molar-refractivity contribution in [1.82, 2.24) is 5.32 Å². The third kappa shape index (κ3) is 6.03. The lowest BCUT2D eigenvalue weighted by atomic mass is 10.1. The van der Waals surface area contributed by atoms with Crippen LogP contribution in [0.2, 0.25) is 0 Å². The largest absolute Gasteiger partial charge is 0.462 e. The highest BCUT2D eigenvalue weighted by Gasteiger charge is 2.29. The molecule has 1 N–H and O–H groups in total. The molecule has 0 heterocycles. The molecule has 0 spiro atoms. The molecule has 154 valence electrons. The maximum atomic E-state index is 12.6. The lowest BCUT2D eigenvalue weighted by Gasteiger charge is -2.09. The van der Waals surface area contributed by atoms with E-state index in [1.165, 1.54) is 18.2 Å². The molecule has 0 saturated carbocycles. The van der Waals surface area contributed by atoms with Crippen LogP contribution in [0.15, 0.2) is 42.5 Å². The van der Waals surface area contributed by atoms with Crippen LogP contribution in [0.4, 0.5) is 18.9 Å². The third-order valence-corrected chi connectivity index (χ3v) is 3.88. The maximum absolute atomic E-state index is 12.6. The van der Waals surface area contributed by atoms with Gasteiger partial charge in [0, 0.05) is 24.2 Å². The molecule has 1 amide bonds. The first kappa shape index (κ1) is 21.9. The first-order valence-electron chi connectivity index (χ1n) is 8.52. The minimum Gasteiger partial charge on any atom is -0.462 e. The van der Waals surface area contributed by atoms with Crippen molar-refractivity contribution >= 4 is 17.6 Å². The molecular formula is C19H17F3N2O5. The van der Waals surface area contributed by atoms with Crippen molar-refractivity contribution < 1.29 is 32.4 Å². The molecule has 0 atom stereocenters. The van der Waals surface area contributed by atoms with Gasteiger partial charge in [0.05, 0.1) is 22.7 Å². The predicted octanol–water partition coefficient (Wildman–Crippen LogP) is 3.76. The number of esters is 1. The Morgan fingerprint density at radius 1 is 1.10 bits per heavy atom. The molecule has 2 rings (SSSR count). The lowest BCUT2D eigenvalue weighted by Crippen LogP contribution is -2.26. The molecule has 0 radical (unpaired) electrons. The zero-order valence-electron chi connectivity index (χ0n) is 15.3. The van der Waals surface area contributed by atoms with E-state index in [0.29, 0.717) is 5.56 Å². The summed E-state index contributed by atoms with van der Waals surface area (Å²) in [7, 11) is 0. The number of alkyl halides is 3. The Hall–Kier alpha value is -3.43. The Morgan fingerprint density at radius 2 is 1.72 bits per heavy atom. The van der Waals surface area contributed by atoms with Crippen LogP contribution in [0.5, 0.6) is 0 Å². The second-order valence-electron chi connectivity index (χ2n) is 5.95. The van der Waals surface area contributed by atoms with Crippen LogP contribution < -0.4 is 5.32 Å². The molecule has 10 heteroatoms. The van der Waals surface area contributed by atoms with Gasteiger partial charge >= 0.3 is 12.1 Å². The van der Waals surface area contributed by atoms with E-state index in [2.05, 4.69) is 5.32 Å². The second-order valence-corrected chi connectivity index (χ2v) is 5.95. The molecule has 2 aromatic rings. The van der Waals surface area contributed by atoms with Gasteiger partial charge in [-0.3, -0.25) is 14.9 Å². The van der Waals surface area contributed by atoms with Crippen molar-refractivity contribution in [1.29, 1.82) is 0 Å². The highest BCUT2D eigenvalue weighted by Crippen LogP contribution is 2.29. The molecule has 0 aliphatic heterocycles. The van der Waals surface area contributed by atoms with E-state index in [-0.39, 0.29) is 30.7 Å². The number of non-ortho nitro benzene ring substituents is 1. The fourth-order valence-corrected chi connectivity index (χ4v) is 2.46. The molecule has 0 bridgehead atoms. The van der Waals surface area contributed by atoms with Gasteiger partial charge in [-0.1, -0.05) is 12.1 Å². The first-order valence-corrected chi connectivity index (χ1v) is 8.52. The van der Waals surface area contributed by atoms with Crippen LogP contribution in [-0.2, 0) is 17.3 Å². The van der Waals surface area contributed by atoms with E-state index < -0.39 is 34.2 Å². The number of ether oxygens (including phenoxy) is 1. The molecule has 0 unspecified atom stereocenters.